The van der Waals surface area contributed by atoms with E-state index in [1.54, 1.807) is 7.11 Å². The Hall–Kier alpha value is -2.74. The Morgan fingerprint density at radius 1 is 1.13 bits per heavy atom. The van der Waals surface area contributed by atoms with Gasteiger partial charge in [0.15, 0.2) is 0 Å². The number of ether oxygens (including phenoxy) is 2. The number of aliphatic hydroxyl groups is 1. The summed E-state index contributed by atoms with van der Waals surface area (Å²) < 4.78 is 16.1. The van der Waals surface area contributed by atoms with Gasteiger partial charge in [0.25, 0.3) is 0 Å². The van der Waals surface area contributed by atoms with E-state index < -0.39 is 6.10 Å². The van der Waals surface area contributed by atoms with Gasteiger partial charge in [0.1, 0.15) is 5.75 Å². The summed E-state index contributed by atoms with van der Waals surface area (Å²) in [5.41, 5.74) is 2.03. The highest BCUT2D eigenvalue weighted by atomic mass is 16.5. The molecule has 7 nitrogen and oxygen atoms in total. The van der Waals surface area contributed by atoms with E-state index in [0.29, 0.717) is 44.4 Å². The number of nitrogens with zero attached hydrogens (tertiary/aromatic N) is 3. The highest BCUT2D eigenvalue weighted by Gasteiger charge is 2.15. The SMILES string of the molecule is CCOC[C@@H](O)CN(CCc1nc(-c2cccc(OC)c2)no1)Cc1ccccc1. The van der Waals surface area contributed by atoms with Crippen molar-refractivity contribution in [2.24, 2.45) is 0 Å². The van der Waals surface area contributed by atoms with E-state index in [0.717, 1.165) is 17.9 Å². The zero-order valence-corrected chi connectivity index (χ0v) is 17.5. The van der Waals surface area contributed by atoms with Gasteiger partial charge in [-0.15, -0.1) is 0 Å². The first kappa shape index (κ1) is 22.0. The van der Waals surface area contributed by atoms with Crippen LogP contribution >= 0.6 is 0 Å². The van der Waals surface area contributed by atoms with Gasteiger partial charge in [0.05, 0.1) is 19.8 Å². The van der Waals surface area contributed by atoms with Crippen molar-refractivity contribution >= 4 is 0 Å². The molecule has 3 aromatic rings. The molecule has 30 heavy (non-hydrogen) atoms. The molecule has 3 rings (SSSR count). The van der Waals surface area contributed by atoms with E-state index in [2.05, 4.69) is 27.2 Å². The Labute approximate surface area is 177 Å². The summed E-state index contributed by atoms with van der Waals surface area (Å²) >= 11 is 0. The van der Waals surface area contributed by atoms with Crippen LogP contribution in [0.5, 0.6) is 5.75 Å². The van der Waals surface area contributed by atoms with Gasteiger partial charge in [-0.05, 0) is 24.6 Å². The lowest BCUT2D eigenvalue weighted by atomic mass is 10.2. The lowest BCUT2D eigenvalue weighted by Gasteiger charge is -2.24. The second kappa shape index (κ2) is 11.4. The molecule has 0 saturated heterocycles. The highest BCUT2D eigenvalue weighted by Crippen LogP contribution is 2.21. The molecule has 0 aliphatic rings. The third kappa shape index (κ3) is 6.66. The zero-order valence-electron chi connectivity index (χ0n) is 17.5. The van der Waals surface area contributed by atoms with Crippen LogP contribution in [0.4, 0.5) is 0 Å². The predicted molar refractivity (Wildman–Crippen MR) is 114 cm³/mol. The molecule has 1 aromatic heterocycles. The third-order valence-electron chi connectivity index (χ3n) is 4.67. The number of hydrogen-bond donors (Lipinski definition) is 1. The molecule has 0 fully saturated rings. The van der Waals surface area contributed by atoms with Crippen LogP contribution in [0.15, 0.2) is 59.1 Å². The van der Waals surface area contributed by atoms with Crippen molar-refractivity contribution in [3.63, 3.8) is 0 Å². The normalized spacial score (nSPS) is 12.3. The average molecular weight is 412 g/mol. The van der Waals surface area contributed by atoms with E-state index in [-0.39, 0.29) is 0 Å². The Morgan fingerprint density at radius 2 is 1.97 bits per heavy atom. The maximum absolute atomic E-state index is 10.3. The van der Waals surface area contributed by atoms with Crippen molar-refractivity contribution < 1.29 is 19.1 Å². The van der Waals surface area contributed by atoms with Gasteiger partial charge in [-0.2, -0.15) is 4.98 Å². The van der Waals surface area contributed by atoms with E-state index >= 15 is 0 Å². The summed E-state index contributed by atoms with van der Waals surface area (Å²) in [7, 11) is 1.63. The van der Waals surface area contributed by atoms with Gasteiger partial charge in [-0.1, -0.05) is 47.6 Å². The first-order valence-corrected chi connectivity index (χ1v) is 10.2. The number of aromatic nitrogens is 2. The summed E-state index contributed by atoms with van der Waals surface area (Å²) in [4.78, 5) is 6.69. The van der Waals surface area contributed by atoms with Crippen molar-refractivity contribution in [3.8, 4) is 17.1 Å². The number of benzene rings is 2. The number of aliphatic hydroxyl groups excluding tert-OH is 1. The maximum Gasteiger partial charge on any atom is 0.228 e. The van der Waals surface area contributed by atoms with Crippen LogP contribution < -0.4 is 4.74 Å². The Kier molecular flexibility index (Phi) is 8.38. The highest BCUT2D eigenvalue weighted by molar-refractivity contribution is 5.56. The second-order valence-electron chi connectivity index (χ2n) is 7.03. The molecule has 0 aliphatic heterocycles. The van der Waals surface area contributed by atoms with Crippen molar-refractivity contribution in [2.45, 2.75) is 26.0 Å². The molecule has 2 aromatic carbocycles. The van der Waals surface area contributed by atoms with E-state index in [1.807, 2.05) is 49.4 Å². The van der Waals surface area contributed by atoms with E-state index in [4.69, 9.17) is 14.0 Å². The van der Waals surface area contributed by atoms with Gasteiger partial charge in [-0.25, -0.2) is 0 Å². The predicted octanol–water partition coefficient (Wildman–Crippen LogP) is 3.19. The molecule has 1 atom stereocenters. The minimum atomic E-state index is -0.552. The Morgan fingerprint density at radius 3 is 2.73 bits per heavy atom. The van der Waals surface area contributed by atoms with Crippen LogP contribution in [-0.2, 0) is 17.7 Å². The topological polar surface area (TPSA) is 80.9 Å². The summed E-state index contributed by atoms with van der Waals surface area (Å²) in [6.45, 7) is 4.74. The molecule has 0 unspecified atom stereocenters. The molecule has 7 heteroatoms. The second-order valence-corrected chi connectivity index (χ2v) is 7.03. The van der Waals surface area contributed by atoms with Gasteiger partial charge >= 0.3 is 0 Å². The van der Waals surface area contributed by atoms with E-state index in [9.17, 15) is 5.11 Å². The molecule has 1 heterocycles. The summed E-state index contributed by atoms with van der Waals surface area (Å²) in [6.07, 6.45) is 0.0363. The van der Waals surface area contributed by atoms with Crippen molar-refractivity contribution in [1.82, 2.24) is 15.0 Å². The molecule has 0 spiro atoms. The Balaban J connectivity index is 1.63. The minimum Gasteiger partial charge on any atom is -0.497 e. The van der Waals surface area contributed by atoms with Crippen molar-refractivity contribution in [3.05, 3.63) is 66.1 Å². The fraction of sp³-hybridized carbons (Fsp3) is 0.391. The van der Waals surface area contributed by atoms with Gasteiger partial charge in [0, 0.05) is 38.2 Å². The fourth-order valence-corrected chi connectivity index (χ4v) is 3.17. The molecule has 0 aliphatic carbocycles. The Bertz CT molecular complexity index is 885. The maximum atomic E-state index is 10.3. The van der Waals surface area contributed by atoms with E-state index in [1.165, 1.54) is 5.56 Å². The van der Waals surface area contributed by atoms with Gasteiger partial charge in [-0.3, -0.25) is 4.90 Å². The first-order valence-electron chi connectivity index (χ1n) is 10.2. The average Bonchev–Trinajstić information content (AvgIpc) is 3.26. The molecule has 160 valence electrons. The van der Waals surface area contributed by atoms with Gasteiger partial charge in [0.2, 0.25) is 11.7 Å². The lowest BCUT2D eigenvalue weighted by molar-refractivity contribution is 0.0194. The zero-order chi connectivity index (χ0) is 21.2. The van der Waals surface area contributed by atoms with Crippen LogP contribution in [-0.4, -0.2) is 59.7 Å². The molecule has 0 saturated carbocycles. The molecule has 0 amide bonds. The fourth-order valence-electron chi connectivity index (χ4n) is 3.17. The van der Waals surface area contributed by atoms with Crippen LogP contribution in [0.1, 0.15) is 18.4 Å². The van der Waals surface area contributed by atoms with Crippen molar-refractivity contribution in [1.29, 1.82) is 0 Å². The monoisotopic (exact) mass is 411 g/mol. The van der Waals surface area contributed by atoms with Crippen LogP contribution in [0, 0.1) is 0 Å². The quantitative estimate of drug-likeness (QED) is 0.490. The summed E-state index contributed by atoms with van der Waals surface area (Å²) in [5.74, 6) is 1.84. The summed E-state index contributed by atoms with van der Waals surface area (Å²) in [6, 6.07) is 17.8. The molecular weight excluding hydrogens is 382 g/mol. The minimum absolute atomic E-state index is 0.322. The van der Waals surface area contributed by atoms with Crippen LogP contribution in [0.25, 0.3) is 11.4 Å². The standard InChI is InChI=1S/C23H29N3O4/c1-3-29-17-20(27)16-26(15-18-8-5-4-6-9-18)13-12-22-24-23(25-30-22)19-10-7-11-21(14-19)28-2/h4-11,14,20,27H,3,12-13,15-17H2,1-2H3/t20-/m0/s1. The van der Waals surface area contributed by atoms with Crippen molar-refractivity contribution in [2.75, 3.05) is 33.4 Å². The lowest BCUT2D eigenvalue weighted by Crippen LogP contribution is -2.36. The summed E-state index contributed by atoms with van der Waals surface area (Å²) in [5, 5.41) is 14.4. The molecule has 0 radical (unpaired) electrons. The first-order chi connectivity index (χ1) is 14.7. The molecule has 1 N–H and O–H groups in total. The van der Waals surface area contributed by atoms with Gasteiger partial charge < -0.3 is 19.1 Å². The number of methoxy groups -OCH3 is 1. The number of rotatable bonds is 12. The molecular formula is C23H29N3O4. The van der Waals surface area contributed by atoms with Crippen LogP contribution in [0.3, 0.4) is 0 Å². The smallest absolute Gasteiger partial charge is 0.228 e. The third-order valence-corrected chi connectivity index (χ3v) is 4.67. The number of hydrogen-bond acceptors (Lipinski definition) is 7. The molecule has 0 bridgehead atoms. The van der Waals surface area contributed by atoms with Crippen LogP contribution in [0.2, 0.25) is 0 Å². The largest absolute Gasteiger partial charge is 0.497 e.